The summed E-state index contributed by atoms with van der Waals surface area (Å²) in [6.07, 6.45) is 1.51. The zero-order chi connectivity index (χ0) is 11.8. The average molecular weight is 226 g/mol. The molecule has 0 spiro atoms. The lowest BCUT2D eigenvalue weighted by Crippen LogP contribution is -1.87. The summed E-state index contributed by atoms with van der Waals surface area (Å²) in [5, 5.41) is 13.6. The van der Waals surface area contributed by atoms with Crippen LogP contribution in [0, 0.1) is 0 Å². The van der Waals surface area contributed by atoms with Crippen LogP contribution in [-0.2, 0) is 0 Å². The van der Waals surface area contributed by atoms with Crippen molar-refractivity contribution in [1.82, 2.24) is 14.6 Å². The molecule has 0 fully saturated rings. The summed E-state index contributed by atoms with van der Waals surface area (Å²) in [4.78, 5) is 4.35. The molecule has 3 N–H and O–H groups in total. The van der Waals surface area contributed by atoms with Crippen LogP contribution in [0.5, 0.6) is 5.75 Å². The second-order valence-corrected chi connectivity index (χ2v) is 3.75. The van der Waals surface area contributed by atoms with E-state index in [4.69, 9.17) is 5.73 Å². The molecule has 0 unspecified atom stereocenters. The van der Waals surface area contributed by atoms with Crippen molar-refractivity contribution < 1.29 is 5.11 Å². The van der Waals surface area contributed by atoms with E-state index < -0.39 is 0 Å². The third-order valence-corrected chi connectivity index (χ3v) is 2.46. The Morgan fingerprint density at radius 3 is 2.88 bits per heavy atom. The number of anilines is 1. The largest absolute Gasteiger partial charge is 0.506 e. The van der Waals surface area contributed by atoms with E-state index in [-0.39, 0.29) is 5.75 Å². The van der Waals surface area contributed by atoms with E-state index in [2.05, 4.69) is 10.1 Å². The third kappa shape index (κ3) is 1.67. The van der Waals surface area contributed by atoms with Crippen LogP contribution < -0.4 is 5.73 Å². The number of nitrogen functional groups attached to an aromatic ring is 1. The van der Waals surface area contributed by atoms with Gasteiger partial charge >= 0.3 is 0 Å². The van der Waals surface area contributed by atoms with Crippen LogP contribution >= 0.6 is 0 Å². The van der Waals surface area contributed by atoms with Gasteiger partial charge in [0, 0.05) is 11.3 Å². The van der Waals surface area contributed by atoms with Crippen molar-refractivity contribution in [3.63, 3.8) is 0 Å². The van der Waals surface area contributed by atoms with Gasteiger partial charge in [0.2, 0.25) is 0 Å². The molecule has 3 aromatic rings. The fraction of sp³-hybridized carbons (Fsp3) is 0. The molecule has 0 aliphatic rings. The molecule has 0 radical (unpaired) electrons. The molecule has 0 aliphatic carbocycles. The van der Waals surface area contributed by atoms with Gasteiger partial charge in [0.05, 0.1) is 6.20 Å². The SMILES string of the molecule is Nc1cccc(-c2nc3ccc(O)cn3n2)c1. The molecule has 5 nitrogen and oxygen atoms in total. The maximum atomic E-state index is 9.35. The van der Waals surface area contributed by atoms with E-state index in [1.54, 1.807) is 12.1 Å². The first kappa shape index (κ1) is 9.65. The average Bonchev–Trinajstić information content (AvgIpc) is 2.72. The van der Waals surface area contributed by atoms with Crippen LogP contribution in [0.3, 0.4) is 0 Å². The van der Waals surface area contributed by atoms with Gasteiger partial charge in [-0.25, -0.2) is 9.50 Å². The maximum Gasteiger partial charge on any atom is 0.182 e. The minimum absolute atomic E-state index is 0.154. The van der Waals surface area contributed by atoms with Crippen molar-refractivity contribution in [1.29, 1.82) is 0 Å². The molecular formula is C12H10N4O. The summed E-state index contributed by atoms with van der Waals surface area (Å²) in [6, 6.07) is 10.7. The van der Waals surface area contributed by atoms with E-state index in [0.717, 1.165) is 5.56 Å². The minimum atomic E-state index is 0.154. The Bertz CT molecular complexity index is 690. The highest BCUT2D eigenvalue weighted by Gasteiger charge is 2.06. The van der Waals surface area contributed by atoms with Crippen molar-refractivity contribution in [2.24, 2.45) is 0 Å². The molecular weight excluding hydrogens is 216 g/mol. The zero-order valence-corrected chi connectivity index (χ0v) is 8.91. The van der Waals surface area contributed by atoms with Gasteiger partial charge in [-0.3, -0.25) is 0 Å². The summed E-state index contributed by atoms with van der Waals surface area (Å²) in [6.45, 7) is 0. The smallest absolute Gasteiger partial charge is 0.182 e. The second kappa shape index (κ2) is 3.48. The number of aromatic hydroxyl groups is 1. The number of rotatable bonds is 1. The van der Waals surface area contributed by atoms with Gasteiger partial charge in [0.25, 0.3) is 0 Å². The Kier molecular flexibility index (Phi) is 1.98. The molecule has 2 heterocycles. The van der Waals surface area contributed by atoms with Crippen LogP contribution in [0.4, 0.5) is 5.69 Å². The van der Waals surface area contributed by atoms with Crippen LogP contribution in [0.25, 0.3) is 17.0 Å². The summed E-state index contributed by atoms with van der Waals surface area (Å²) in [7, 11) is 0. The monoisotopic (exact) mass is 226 g/mol. The standard InChI is InChI=1S/C12H10N4O/c13-9-3-1-2-8(6-9)12-14-11-5-4-10(17)7-16(11)15-12/h1-7,17H,13H2. The van der Waals surface area contributed by atoms with Gasteiger partial charge in [0.15, 0.2) is 11.5 Å². The van der Waals surface area contributed by atoms with Crippen LogP contribution in [0.2, 0.25) is 0 Å². The van der Waals surface area contributed by atoms with E-state index in [9.17, 15) is 5.11 Å². The lowest BCUT2D eigenvalue weighted by atomic mass is 10.2. The van der Waals surface area contributed by atoms with E-state index in [0.29, 0.717) is 17.2 Å². The van der Waals surface area contributed by atoms with Crippen LogP contribution in [0.15, 0.2) is 42.6 Å². The van der Waals surface area contributed by atoms with E-state index in [1.807, 2.05) is 24.3 Å². The first-order chi connectivity index (χ1) is 8.22. The van der Waals surface area contributed by atoms with Crippen LogP contribution in [-0.4, -0.2) is 19.7 Å². The fourth-order valence-corrected chi connectivity index (χ4v) is 1.67. The predicted octanol–water partition coefficient (Wildman–Crippen LogP) is 1.68. The number of fused-ring (bicyclic) bond motifs is 1. The maximum absolute atomic E-state index is 9.35. The number of hydrogen-bond acceptors (Lipinski definition) is 4. The topological polar surface area (TPSA) is 76.4 Å². The molecule has 0 saturated carbocycles. The summed E-state index contributed by atoms with van der Waals surface area (Å²) in [5.74, 6) is 0.740. The van der Waals surface area contributed by atoms with Gasteiger partial charge in [-0.05, 0) is 24.3 Å². The van der Waals surface area contributed by atoms with Gasteiger partial charge in [0.1, 0.15) is 5.75 Å². The molecule has 3 rings (SSSR count). The number of benzene rings is 1. The molecule has 0 aliphatic heterocycles. The highest BCUT2D eigenvalue weighted by molar-refractivity contribution is 5.62. The number of nitrogens with zero attached hydrogens (tertiary/aromatic N) is 3. The Morgan fingerprint density at radius 2 is 2.06 bits per heavy atom. The molecule has 84 valence electrons. The molecule has 5 heteroatoms. The number of hydrogen-bond donors (Lipinski definition) is 2. The molecule has 17 heavy (non-hydrogen) atoms. The Labute approximate surface area is 97.1 Å². The summed E-state index contributed by atoms with van der Waals surface area (Å²) in [5.41, 5.74) is 7.92. The lowest BCUT2D eigenvalue weighted by molar-refractivity contribution is 0.470. The highest BCUT2D eigenvalue weighted by atomic mass is 16.3. The highest BCUT2D eigenvalue weighted by Crippen LogP contribution is 2.19. The Balaban J connectivity index is 2.18. The van der Waals surface area contributed by atoms with Crippen molar-refractivity contribution in [3.8, 4) is 17.1 Å². The quantitative estimate of drug-likeness (QED) is 0.619. The molecule has 2 aromatic heterocycles. The van der Waals surface area contributed by atoms with Crippen molar-refractivity contribution in [2.75, 3.05) is 5.73 Å². The van der Waals surface area contributed by atoms with Crippen molar-refractivity contribution >= 4 is 11.3 Å². The van der Waals surface area contributed by atoms with E-state index >= 15 is 0 Å². The Hall–Kier alpha value is -2.56. The van der Waals surface area contributed by atoms with Gasteiger partial charge in [-0.1, -0.05) is 12.1 Å². The molecule has 0 bridgehead atoms. The van der Waals surface area contributed by atoms with Gasteiger partial charge in [-0.2, -0.15) is 0 Å². The van der Waals surface area contributed by atoms with E-state index in [1.165, 1.54) is 10.7 Å². The fourth-order valence-electron chi connectivity index (χ4n) is 1.67. The third-order valence-electron chi connectivity index (χ3n) is 2.46. The van der Waals surface area contributed by atoms with Crippen LogP contribution in [0.1, 0.15) is 0 Å². The normalized spacial score (nSPS) is 10.8. The summed E-state index contributed by atoms with van der Waals surface area (Å²) >= 11 is 0. The molecule has 1 aromatic carbocycles. The number of aromatic nitrogens is 3. The summed E-state index contributed by atoms with van der Waals surface area (Å²) < 4.78 is 1.54. The number of pyridine rings is 1. The molecule has 0 amide bonds. The first-order valence-corrected chi connectivity index (χ1v) is 5.14. The molecule has 0 atom stereocenters. The first-order valence-electron chi connectivity index (χ1n) is 5.14. The van der Waals surface area contributed by atoms with Gasteiger partial charge in [-0.15, -0.1) is 5.10 Å². The van der Waals surface area contributed by atoms with Crippen molar-refractivity contribution in [2.45, 2.75) is 0 Å². The second-order valence-electron chi connectivity index (χ2n) is 3.75. The zero-order valence-electron chi connectivity index (χ0n) is 8.91. The van der Waals surface area contributed by atoms with Crippen molar-refractivity contribution in [3.05, 3.63) is 42.6 Å². The lowest BCUT2D eigenvalue weighted by Gasteiger charge is -1.95. The Morgan fingerprint density at radius 1 is 1.18 bits per heavy atom. The minimum Gasteiger partial charge on any atom is -0.506 e. The number of nitrogens with two attached hydrogens (primary N) is 1. The predicted molar refractivity (Wildman–Crippen MR) is 64.5 cm³/mol. The van der Waals surface area contributed by atoms with Gasteiger partial charge < -0.3 is 10.8 Å². The molecule has 0 saturated heterocycles.